The number of allylic oxidation sites excluding steroid dienone is 1. The molecule has 7 heteroatoms. The average molecular weight is 383 g/mol. The van der Waals surface area contributed by atoms with Gasteiger partial charge in [0, 0.05) is 17.7 Å². The Morgan fingerprint density at radius 3 is 2.30 bits per heavy atom. The zero-order chi connectivity index (χ0) is 20.0. The van der Waals surface area contributed by atoms with E-state index in [4.69, 9.17) is 0 Å². The monoisotopic (exact) mass is 383 g/mol. The molecule has 2 rings (SSSR count). The topological polar surface area (TPSA) is 88.0 Å². The number of benzene rings is 2. The standard InChI is InChI=1S/C20H21N3O3S/c1-14(16-9-8-12-18(13-16)27(4,25)26)22-19(15(2)21-3)20(24)23-17-10-6-5-7-11-17/h5-13H,3H2,1-2,4H3,(H,23,24)/b19-15-,22-14?. The van der Waals surface area contributed by atoms with Gasteiger partial charge in [0.1, 0.15) is 5.70 Å². The highest BCUT2D eigenvalue weighted by molar-refractivity contribution is 7.90. The Hall–Kier alpha value is -3.06. The van der Waals surface area contributed by atoms with Crippen molar-refractivity contribution in [3.05, 3.63) is 71.6 Å². The van der Waals surface area contributed by atoms with Crippen molar-refractivity contribution >= 4 is 33.9 Å². The number of anilines is 1. The molecule has 0 heterocycles. The van der Waals surface area contributed by atoms with Gasteiger partial charge in [0.2, 0.25) is 0 Å². The Kier molecular flexibility index (Phi) is 6.41. The highest BCUT2D eigenvalue weighted by Gasteiger charge is 2.14. The SMILES string of the molecule is C=N/C(C)=C(\N=C(C)c1cccc(S(C)(=O)=O)c1)C(=O)Nc1ccccc1. The second-order valence-corrected chi connectivity index (χ2v) is 7.93. The predicted molar refractivity (Wildman–Crippen MR) is 109 cm³/mol. The van der Waals surface area contributed by atoms with E-state index < -0.39 is 15.7 Å². The van der Waals surface area contributed by atoms with Crippen molar-refractivity contribution in [3.63, 3.8) is 0 Å². The summed E-state index contributed by atoms with van der Waals surface area (Å²) in [5.41, 5.74) is 2.18. The summed E-state index contributed by atoms with van der Waals surface area (Å²) in [6, 6.07) is 15.4. The third-order valence-electron chi connectivity index (χ3n) is 3.79. The van der Waals surface area contributed by atoms with E-state index in [1.165, 1.54) is 12.1 Å². The summed E-state index contributed by atoms with van der Waals surface area (Å²) < 4.78 is 23.5. The summed E-state index contributed by atoms with van der Waals surface area (Å²) in [6.45, 7) is 6.80. The number of para-hydroxylation sites is 1. The lowest BCUT2D eigenvalue weighted by Crippen LogP contribution is -2.15. The molecule has 0 atom stereocenters. The second kappa shape index (κ2) is 8.55. The molecule has 0 saturated carbocycles. The molecule has 27 heavy (non-hydrogen) atoms. The molecule has 0 aromatic heterocycles. The third-order valence-corrected chi connectivity index (χ3v) is 4.90. The number of amides is 1. The van der Waals surface area contributed by atoms with E-state index in [2.05, 4.69) is 22.0 Å². The van der Waals surface area contributed by atoms with Crippen molar-refractivity contribution in [1.29, 1.82) is 0 Å². The molecule has 1 amide bonds. The van der Waals surface area contributed by atoms with E-state index >= 15 is 0 Å². The molecule has 0 saturated heterocycles. The smallest absolute Gasteiger partial charge is 0.276 e. The lowest BCUT2D eigenvalue weighted by atomic mass is 10.1. The van der Waals surface area contributed by atoms with Crippen LogP contribution in [0.2, 0.25) is 0 Å². The van der Waals surface area contributed by atoms with Crippen molar-refractivity contribution in [3.8, 4) is 0 Å². The second-order valence-electron chi connectivity index (χ2n) is 5.91. The van der Waals surface area contributed by atoms with Gasteiger partial charge in [-0.25, -0.2) is 13.4 Å². The fourth-order valence-electron chi connectivity index (χ4n) is 2.27. The zero-order valence-electron chi connectivity index (χ0n) is 15.4. The van der Waals surface area contributed by atoms with E-state index in [0.29, 0.717) is 22.7 Å². The van der Waals surface area contributed by atoms with Gasteiger partial charge in [-0.15, -0.1) is 0 Å². The van der Waals surface area contributed by atoms with Crippen LogP contribution in [0.5, 0.6) is 0 Å². The minimum absolute atomic E-state index is 0.108. The Morgan fingerprint density at radius 2 is 1.70 bits per heavy atom. The number of nitrogens with zero attached hydrogens (tertiary/aromatic N) is 2. The van der Waals surface area contributed by atoms with Gasteiger partial charge in [0.15, 0.2) is 9.84 Å². The van der Waals surface area contributed by atoms with Crippen LogP contribution < -0.4 is 5.32 Å². The van der Waals surface area contributed by atoms with Crippen LogP contribution >= 0.6 is 0 Å². The van der Waals surface area contributed by atoms with Crippen molar-refractivity contribution in [2.75, 3.05) is 11.6 Å². The number of nitrogens with one attached hydrogen (secondary N) is 1. The first-order valence-electron chi connectivity index (χ1n) is 8.12. The molecule has 1 N–H and O–H groups in total. The fraction of sp³-hybridized carbons (Fsp3) is 0.150. The molecular weight excluding hydrogens is 362 g/mol. The summed E-state index contributed by atoms with van der Waals surface area (Å²) in [4.78, 5) is 21.0. The normalized spacial score (nSPS) is 12.9. The minimum Gasteiger partial charge on any atom is -0.321 e. The van der Waals surface area contributed by atoms with Crippen LogP contribution in [0.4, 0.5) is 5.69 Å². The Labute approximate surface area is 159 Å². The largest absolute Gasteiger partial charge is 0.321 e. The number of rotatable bonds is 6. The molecule has 0 radical (unpaired) electrons. The van der Waals surface area contributed by atoms with Gasteiger partial charge in [-0.2, -0.15) is 0 Å². The highest BCUT2D eigenvalue weighted by Crippen LogP contribution is 2.16. The fourth-order valence-corrected chi connectivity index (χ4v) is 2.93. The number of hydrogen-bond acceptors (Lipinski definition) is 5. The molecule has 0 fully saturated rings. The van der Waals surface area contributed by atoms with Crippen LogP contribution in [-0.2, 0) is 14.6 Å². The quantitative estimate of drug-likeness (QED) is 0.612. The van der Waals surface area contributed by atoms with Gasteiger partial charge in [0.25, 0.3) is 5.91 Å². The molecule has 6 nitrogen and oxygen atoms in total. The average Bonchev–Trinajstić information content (AvgIpc) is 2.65. The first-order chi connectivity index (χ1) is 12.7. The first kappa shape index (κ1) is 20.3. The number of carbonyl (C=O) groups is 1. The van der Waals surface area contributed by atoms with Crippen molar-refractivity contribution < 1.29 is 13.2 Å². The van der Waals surface area contributed by atoms with Crippen LogP contribution in [0, 0.1) is 0 Å². The molecule has 0 aliphatic heterocycles. The maximum absolute atomic E-state index is 12.6. The van der Waals surface area contributed by atoms with Crippen LogP contribution in [-0.4, -0.2) is 33.0 Å². The van der Waals surface area contributed by atoms with Gasteiger partial charge in [-0.1, -0.05) is 30.3 Å². The number of hydrogen-bond donors (Lipinski definition) is 1. The maximum Gasteiger partial charge on any atom is 0.276 e. The Morgan fingerprint density at radius 1 is 1.04 bits per heavy atom. The first-order valence-corrected chi connectivity index (χ1v) is 10.0. The molecule has 0 bridgehead atoms. The van der Waals surface area contributed by atoms with Crippen LogP contribution in [0.25, 0.3) is 0 Å². The molecule has 2 aromatic carbocycles. The predicted octanol–water partition coefficient (Wildman–Crippen LogP) is 3.47. The van der Waals surface area contributed by atoms with E-state index in [1.807, 2.05) is 18.2 Å². The summed E-state index contributed by atoms with van der Waals surface area (Å²) in [7, 11) is -3.34. The van der Waals surface area contributed by atoms with E-state index in [9.17, 15) is 13.2 Å². The number of sulfone groups is 1. The van der Waals surface area contributed by atoms with Gasteiger partial charge in [0.05, 0.1) is 10.6 Å². The van der Waals surface area contributed by atoms with Crippen molar-refractivity contribution in [2.45, 2.75) is 18.7 Å². The molecule has 2 aromatic rings. The highest BCUT2D eigenvalue weighted by atomic mass is 32.2. The van der Waals surface area contributed by atoms with E-state index in [1.54, 1.807) is 38.1 Å². The molecule has 0 aliphatic rings. The molecule has 0 aliphatic carbocycles. The maximum atomic E-state index is 12.6. The molecular formula is C20H21N3O3S. The van der Waals surface area contributed by atoms with Crippen LogP contribution in [0.1, 0.15) is 19.4 Å². The van der Waals surface area contributed by atoms with E-state index in [0.717, 1.165) is 6.26 Å². The summed E-state index contributed by atoms with van der Waals surface area (Å²) in [6.07, 6.45) is 1.14. The van der Waals surface area contributed by atoms with Gasteiger partial charge in [-0.05, 0) is 50.4 Å². The summed E-state index contributed by atoms with van der Waals surface area (Å²) in [5, 5.41) is 2.76. The molecule has 0 unspecified atom stereocenters. The third kappa shape index (κ3) is 5.46. The summed E-state index contributed by atoms with van der Waals surface area (Å²) >= 11 is 0. The molecule has 140 valence electrons. The van der Waals surface area contributed by atoms with Gasteiger partial charge >= 0.3 is 0 Å². The van der Waals surface area contributed by atoms with Crippen molar-refractivity contribution in [2.24, 2.45) is 9.98 Å². The summed E-state index contributed by atoms with van der Waals surface area (Å²) in [5.74, 6) is -0.426. The minimum atomic E-state index is -3.34. The van der Waals surface area contributed by atoms with Crippen LogP contribution in [0.3, 0.4) is 0 Å². The van der Waals surface area contributed by atoms with Crippen LogP contribution in [0.15, 0.2) is 80.9 Å². The van der Waals surface area contributed by atoms with Gasteiger partial charge < -0.3 is 5.32 Å². The molecule has 0 spiro atoms. The number of aliphatic imine (C=N–C) groups is 2. The lowest BCUT2D eigenvalue weighted by molar-refractivity contribution is -0.112. The zero-order valence-corrected chi connectivity index (χ0v) is 16.2. The van der Waals surface area contributed by atoms with Gasteiger partial charge in [-0.3, -0.25) is 9.79 Å². The Bertz CT molecular complexity index is 1020. The van der Waals surface area contributed by atoms with E-state index in [-0.39, 0.29) is 10.6 Å². The Balaban J connectivity index is 2.41. The lowest BCUT2D eigenvalue weighted by Gasteiger charge is -2.09. The van der Waals surface area contributed by atoms with Crippen molar-refractivity contribution in [1.82, 2.24) is 0 Å². The number of carbonyl (C=O) groups excluding carboxylic acids is 1.